The Morgan fingerprint density at radius 1 is 1.18 bits per heavy atom. The van der Waals surface area contributed by atoms with Crippen molar-refractivity contribution < 1.29 is 9.18 Å². The number of rotatable bonds is 4. The van der Waals surface area contributed by atoms with Gasteiger partial charge in [0.05, 0.1) is 18.2 Å². The van der Waals surface area contributed by atoms with E-state index in [9.17, 15) is 14.0 Å². The number of nitrogens with zero attached hydrogens (tertiary/aromatic N) is 6. The molecule has 1 aliphatic rings. The van der Waals surface area contributed by atoms with Crippen molar-refractivity contribution in [2.75, 3.05) is 31.1 Å². The Labute approximate surface area is 160 Å². The first-order valence-corrected chi connectivity index (χ1v) is 9.19. The number of aryl methyl sites for hydroxylation is 2. The van der Waals surface area contributed by atoms with Gasteiger partial charge in [-0.2, -0.15) is 5.10 Å². The van der Waals surface area contributed by atoms with Crippen LogP contribution in [0.3, 0.4) is 0 Å². The number of halogens is 1. The highest BCUT2D eigenvalue weighted by atomic mass is 19.1. The van der Waals surface area contributed by atoms with Crippen LogP contribution in [0.2, 0.25) is 0 Å². The molecule has 0 spiro atoms. The lowest BCUT2D eigenvalue weighted by Gasteiger charge is -2.36. The Balaban J connectivity index is 1.36. The van der Waals surface area contributed by atoms with Gasteiger partial charge in [0.1, 0.15) is 11.2 Å². The van der Waals surface area contributed by atoms with E-state index in [0.29, 0.717) is 42.9 Å². The summed E-state index contributed by atoms with van der Waals surface area (Å²) in [6, 6.07) is 6.66. The van der Waals surface area contributed by atoms with Gasteiger partial charge in [-0.15, -0.1) is 0 Å². The van der Waals surface area contributed by atoms with Gasteiger partial charge in [0.15, 0.2) is 5.65 Å². The van der Waals surface area contributed by atoms with Crippen LogP contribution in [0.25, 0.3) is 11.0 Å². The maximum atomic E-state index is 13.9. The summed E-state index contributed by atoms with van der Waals surface area (Å²) in [5.41, 5.74) is 0.893. The van der Waals surface area contributed by atoms with Crippen LogP contribution in [0.15, 0.2) is 41.6 Å². The fourth-order valence-electron chi connectivity index (χ4n) is 3.51. The van der Waals surface area contributed by atoms with Crippen LogP contribution in [-0.2, 0) is 18.4 Å². The average molecular weight is 384 g/mol. The number of hydrogen-bond acceptors (Lipinski definition) is 5. The Morgan fingerprint density at radius 3 is 2.68 bits per heavy atom. The molecule has 0 aliphatic carbocycles. The molecular weight excluding hydrogens is 363 g/mol. The monoisotopic (exact) mass is 384 g/mol. The number of para-hydroxylation sites is 1. The molecule has 1 amide bonds. The molecule has 4 rings (SSSR count). The smallest absolute Gasteiger partial charge is 0.264 e. The number of benzene rings is 1. The molecule has 0 bridgehead atoms. The molecule has 28 heavy (non-hydrogen) atoms. The number of fused-ring (bicyclic) bond motifs is 1. The second-order valence-electron chi connectivity index (χ2n) is 6.82. The average Bonchev–Trinajstić information content (AvgIpc) is 3.09. The molecule has 0 unspecified atom stereocenters. The lowest BCUT2D eigenvalue weighted by Crippen LogP contribution is -2.49. The first-order chi connectivity index (χ1) is 13.5. The Hall–Kier alpha value is -3.23. The van der Waals surface area contributed by atoms with Crippen molar-refractivity contribution in [1.82, 2.24) is 24.2 Å². The molecule has 146 valence electrons. The van der Waals surface area contributed by atoms with E-state index in [1.807, 2.05) is 4.90 Å². The highest BCUT2D eigenvalue weighted by Crippen LogP contribution is 2.20. The Kier molecular flexibility index (Phi) is 4.81. The molecule has 0 radical (unpaired) electrons. The van der Waals surface area contributed by atoms with Crippen molar-refractivity contribution in [3.63, 3.8) is 0 Å². The molecule has 3 heterocycles. The van der Waals surface area contributed by atoms with Crippen molar-refractivity contribution in [1.29, 1.82) is 0 Å². The van der Waals surface area contributed by atoms with Crippen LogP contribution < -0.4 is 10.5 Å². The molecule has 2 aromatic heterocycles. The zero-order valence-corrected chi connectivity index (χ0v) is 15.6. The van der Waals surface area contributed by atoms with E-state index in [0.717, 1.165) is 0 Å². The molecule has 3 aromatic rings. The summed E-state index contributed by atoms with van der Waals surface area (Å²) in [7, 11) is 1.73. The maximum Gasteiger partial charge on any atom is 0.264 e. The quantitative estimate of drug-likeness (QED) is 0.671. The van der Waals surface area contributed by atoms with Crippen LogP contribution in [0.4, 0.5) is 10.1 Å². The molecule has 9 heteroatoms. The van der Waals surface area contributed by atoms with Crippen molar-refractivity contribution >= 4 is 22.6 Å². The predicted molar refractivity (Wildman–Crippen MR) is 103 cm³/mol. The summed E-state index contributed by atoms with van der Waals surface area (Å²) in [5.74, 6) is -0.272. The van der Waals surface area contributed by atoms with Gasteiger partial charge in [0.25, 0.3) is 5.56 Å². The largest absolute Gasteiger partial charge is 0.366 e. The topological polar surface area (TPSA) is 76.3 Å². The summed E-state index contributed by atoms with van der Waals surface area (Å²) in [4.78, 5) is 33.0. The van der Waals surface area contributed by atoms with Gasteiger partial charge in [0, 0.05) is 46.2 Å². The Morgan fingerprint density at radius 2 is 1.93 bits per heavy atom. The SMILES string of the molecule is Cn1ncc2c(=O)n(CCC(=O)N3CCN(c4ccccc4F)CC3)cnc21. The van der Waals surface area contributed by atoms with Crippen molar-refractivity contribution in [3.05, 3.63) is 53.0 Å². The van der Waals surface area contributed by atoms with E-state index in [4.69, 9.17) is 0 Å². The standard InChI is InChI=1S/C19H21FN6O2/c1-23-18-14(12-22-23)19(28)26(13-21-18)7-6-17(27)25-10-8-24(9-11-25)16-5-3-2-4-15(16)20/h2-5,12-13H,6-11H2,1H3. The van der Waals surface area contributed by atoms with Gasteiger partial charge in [-0.1, -0.05) is 12.1 Å². The fraction of sp³-hybridized carbons (Fsp3) is 0.368. The van der Waals surface area contributed by atoms with Crippen LogP contribution in [-0.4, -0.2) is 56.3 Å². The minimum absolute atomic E-state index is 0.0219. The van der Waals surface area contributed by atoms with Crippen LogP contribution >= 0.6 is 0 Å². The van der Waals surface area contributed by atoms with Crippen LogP contribution in [0.5, 0.6) is 0 Å². The number of carbonyl (C=O) groups is 1. The molecule has 0 atom stereocenters. The highest BCUT2D eigenvalue weighted by Gasteiger charge is 2.22. The lowest BCUT2D eigenvalue weighted by atomic mass is 10.2. The predicted octanol–water partition coefficient (Wildman–Crippen LogP) is 1.01. The molecule has 1 aliphatic heterocycles. The van der Waals surface area contributed by atoms with Gasteiger partial charge >= 0.3 is 0 Å². The maximum absolute atomic E-state index is 13.9. The van der Waals surface area contributed by atoms with E-state index in [1.165, 1.54) is 23.2 Å². The molecule has 0 N–H and O–H groups in total. The zero-order valence-electron chi connectivity index (χ0n) is 15.6. The molecule has 8 nitrogen and oxygen atoms in total. The van der Waals surface area contributed by atoms with E-state index in [1.54, 1.807) is 34.8 Å². The summed E-state index contributed by atoms with van der Waals surface area (Å²) < 4.78 is 16.9. The minimum atomic E-state index is -0.250. The molecular formula is C19H21FN6O2. The third kappa shape index (κ3) is 3.35. The second-order valence-corrected chi connectivity index (χ2v) is 6.82. The second kappa shape index (κ2) is 7.41. The van der Waals surface area contributed by atoms with E-state index in [-0.39, 0.29) is 30.2 Å². The van der Waals surface area contributed by atoms with Crippen LogP contribution in [0.1, 0.15) is 6.42 Å². The van der Waals surface area contributed by atoms with E-state index in [2.05, 4.69) is 10.1 Å². The van der Waals surface area contributed by atoms with E-state index >= 15 is 0 Å². The summed E-state index contributed by atoms with van der Waals surface area (Å²) in [6.07, 6.45) is 3.16. The van der Waals surface area contributed by atoms with Crippen molar-refractivity contribution in [3.8, 4) is 0 Å². The van der Waals surface area contributed by atoms with Gasteiger partial charge in [0.2, 0.25) is 5.91 Å². The fourth-order valence-corrected chi connectivity index (χ4v) is 3.51. The summed E-state index contributed by atoms with van der Waals surface area (Å²) in [5, 5.41) is 4.48. The lowest BCUT2D eigenvalue weighted by molar-refractivity contribution is -0.131. The number of carbonyl (C=O) groups excluding carboxylic acids is 1. The summed E-state index contributed by atoms with van der Waals surface area (Å²) >= 11 is 0. The normalized spacial score (nSPS) is 14.6. The molecule has 1 aromatic carbocycles. The third-order valence-corrected chi connectivity index (χ3v) is 5.11. The molecule has 1 fully saturated rings. The minimum Gasteiger partial charge on any atom is -0.366 e. The number of aromatic nitrogens is 4. The van der Waals surface area contributed by atoms with Crippen molar-refractivity contribution in [2.24, 2.45) is 7.05 Å². The molecule has 1 saturated heterocycles. The number of piperazine rings is 1. The highest BCUT2D eigenvalue weighted by molar-refractivity contribution is 5.76. The zero-order chi connectivity index (χ0) is 19.7. The Bertz CT molecular complexity index is 1070. The van der Waals surface area contributed by atoms with Crippen LogP contribution in [0, 0.1) is 5.82 Å². The number of anilines is 1. The van der Waals surface area contributed by atoms with Gasteiger partial charge in [-0.3, -0.25) is 18.8 Å². The third-order valence-electron chi connectivity index (χ3n) is 5.11. The number of amides is 1. The van der Waals surface area contributed by atoms with Gasteiger partial charge in [-0.05, 0) is 12.1 Å². The van der Waals surface area contributed by atoms with Crippen molar-refractivity contribution in [2.45, 2.75) is 13.0 Å². The first kappa shape index (κ1) is 18.1. The summed E-state index contributed by atoms with van der Waals surface area (Å²) in [6.45, 7) is 2.48. The molecule has 0 saturated carbocycles. The van der Waals surface area contributed by atoms with Gasteiger partial charge < -0.3 is 9.80 Å². The number of hydrogen-bond donors (Lipinski definition) is 0. The first-order valence-electron chi connectivity index (χ1n) is 9.19. The van der Waals surface area contributed by atoms with Gasteiger partial charge in [-0.25, -0.2) is 9.37 Å². The van der Waals surface area contributed by atoms with E-state index < -0.39 is 0 Å².